The first-order valence-electron chi connectivity index (χ1n) is 18.5. The number of benzene rings is 1. The quantitative estimate of drug-likeness (QED) is 0.227. The van der Waals surface area contributed by atoms with Crippen molar-refractivity contribution in [3.8, 4) is 10.6 Å². The highest BCUT2D eigenvalue weighted by atomic mass is 32.1. The Bertz CT molecular complexity index is 2150. The van der Waals surface area contributed by atoms with Gasteiger partial charge in [0.2, 0.25) is 5.91 Å². The maximum atomic E-state index is 14.3. The van der Waals surface area contributed by atoms with Crippen LogP contribution in [-0.4, -0.2) is 82.6 Å². The van der Waals surface area contributed by atoms with Crippen molar-refractivity contribution in [1.29, 1.82) is 0 Å². The molecular formula is C40H45N7O4S. The van der Waals surface area contributed by atoms with Crippen molar-refractivity contribution in [2.24, 2.45) is 11.8 Å². The Labute approximate surface area is 307 Å². The number of carbonyl (C=O) groups excluding carboxylic acids is 2. The van der Waals surface area contributed by atoms with E-state index in [-0.39, 0.29) is 35.8 Å². The van der Waals surface area contributed by atoms with Gasteiger partial charge in [-0.2, -0.15) is 0 Å². The van der Waals surface area contributed by atoms with E-state index in [1.165, 1.54) is 35.2 Å². The summed E-state index contributed by atoms with van der Waals surface area (Å²) >= 11 is 1.39. The Morgan fingerprint density at radius 1 is 0.942 bits per heavy atom. The number of thiazole rings is 1. The number of hydrogen-bond donors (Lipinski definition) is 1. The fourth-order valence-electron chi connectivity index (χ4n) is 8.10. The van der Waals surface area contributed by atoms with Crippen LogP contribution in [0.15, 0.2) is 72.0 Å². The SMILES string of the molecule is Cc1ccc(-c2nc(C)c(C(=O)N3CC[C@@H](C(=O)N4CCC(O)(Cn5cnc6c(ccn6CC6CCC6)c5=O)CC4)[C@H](c4ccccc4)C3)s2)cn1. The highest BCUT2D eigenvalue weighted by molar-refractivity contribution is 7.17. The van der Waals surface area contributed by atoms with Gasteiger partial charge in [-0.05, 0) is 75.6 Å². The molecular weight excluding hydrogens is 675 g/mol. The number of nitrogens with zero attached hydrogens (tertiary/aromatic N) is 7. The van der Waals surface area contributed by atoms with E-state index in [0.29, 0.717) is 73.0 Å². The lowest BCUT2D eigenvalue weighted by Crippen LogP contribution is -2.53. The van der Waals surface area contributed by atoms with Gasteiger partial charge in [0.1, 0.15) is 21.9 Å². The Hall–Kier alpha value is -4.68. The molecule has 1 saturated carbocycles. The second-order valence-corrected chi connectivity index (χ2v) is 16.0. The average molecular weight is 720 g/mol. The number of likely N-dealkylation sites (tertiary alicyclic amines) is 2. The molecule has 52 heavy (non-hydrogen) atoms. The fraction of sp³-hybridized carbons (Fsp3) is 0.450. The van der Waals surface area contributed by atoms with E-state index in [1.54, 1.807) is 12.5 Å². The molecule has 1 aromatic carbocycles. The molecule has 12 heteroatoms. The standard InChI is InChI=1S/C40H45N7O4S/c1-26-11-12-30(21-41-26)36-43-27(2)34(52-36)39(50)46-18-13-31(33(23-46)29-9-4-3-5-10-29)37(48)44-19-15-40(51,16-20-44)24-47-25-42-35-32(38(47)49)14-17-45(35)22-28-7-6-8-28/h3-5,9-12,14,17,21,25,28,31,33,51H,6-8,13,15-16,18-20,22-24H2,1-2H3/t31-,33+/m1/s1. The lowest BCUT2D eigenvalue weighted by molar-refractivity contribution is -0.142. The van der Waals surface area contributed by atoms with Crippen LogP contribution in [0.3, 0.4) is 0 Å². The van der Waals surface area contributed by atoms with E-state index in [1.807, 2.05) is 78.4 Å². The van der Waals surface area contributed by atoms with Crippen LogP contribution in [0, 0.1) is 25.7 Å². The second-order valence-electron chi connectivity index (χ2n) is 15.0. The number of pyridine rings is 1. The number of aliphatic hydroxyl groups is 1. The molecule has 0 spiro atoms. The number of aryl methyl sites for hydroxylation is 2. The Morgan fingerprint density at radius 3 is 2.44 bits per heavy atom. The van der Waals surface area contributed by atoms with Crippen LogP contribution < -0.4 is 5.56 Å². The first-order chi connectivity index (χ1) is 25.2. The lowest BCUT2D eigenvalue weighted by atomic mass is 9.79. The van der Waals surface area contributed by atoms with Gasteiger partial charge in [0.15, 0.2) is 0 Å². The fourth-order valence-corrected chi connectivity index (χ4v) is 9.12. The van der Waals surface area contributed by atoms with Gasteiger partial charge < -0.3 is 19.5 Å². The van der Waals surface area contributed by atoms with Crippen LogP contribution in [0.2, 0.25) is 0 Å². The van der Waals surface area contributed by atoms with Crippen molar-refractivity contribution in [3.05, 3.63) is 99.4 Å². The molecule has 0 bridgehead atoms. The lowest BCUT2D eigenvalue weighted by Gasteiger charge is -2.43. The van der Waals surface area contributed by atoms with Gasteiger partial charge in [-0.15, -0.1) is 11.3 Å². The van der Waals surface area contributed by atoms with Crippen LogP contribution in [-0.2, 0) is 17.9 Å². The Morgan fingerprint density at radius 2 is 1.73 bits per heavy atom. The number of hydrogen-bond acceptors (Lipinski definition) is 8. The van der Waals surface area contributed by atoms with Crippen molar-refractivity contribution >= 4 is 34.2 Å². The van der Waals surface area contributed by atoms with Gasteiger partial charge in [0, 0.05) is 68.2 Å². The highest BCUT2D eigenvalue weighted by Crippen LogP contribution is 2.37. The zero-order chi connectivity index (χ0) is 36.0. The van der Waals surface area contributed by atoms with Crippen molar-refractivity contribution in [2.45, 2.75) is 77.0 Å². The second kappa shape index (κ2) is 14.0. The molecule has 2 amide bonds. The molecule has 2 atom stereocenters. The molecule has 270 valence electrons. The first-order valence-corrected chi connectivity index (χ1v) is 19.3. The maximum Gasteiger partial charge on any atom is 0.265 e. The summed E-state index contributed by atoms with van der Waals surface area (Å²) in [4.78, 5) is 59.8. The summed E-state index contributed by atoms with van der Waals surface area (Å²) in [5, 5.41) is 13.0. The maximum absolute atomic E-state index is 14.3. The number of piperidine rings is 2. The monoisotopic (exact) mass is 719 g/mol. The zero-order valence-corrected chi connectivity index (χ0v) is 30.6. The zero-order valence-electron chi connectivity index (χ0n) is 29.8. The summed E-state index contributed by atoms with van der Waals surface area (Å²) in [7, 11) is 0. The summed E-state index contributed by atoms with van der Waals surface area (Å²) in [5.74, 6) is 0.172. The summed E-state index contributed by atoms with van der Waals surface area (Å²) < 4.78 is 3.60. The smallest absolute Gasteiger partial charge is 0.265 e. The van der Waals surface area contributed by atoms with Crippen LogP contribution in [0.25, 0.3) is 21.6 Å². The summed E-state index contributed by atoms with van der Waals surface area (Å²) in [5.41, 5.74) is 2.96. The molecule has 3 fully saturated rings. The molecule has 1 aliphatic carbocycles. The highest BCUT2D eigenvalue weighted by Gasteiger charge is 2.42. The van der Waals surface area contributed by atoms with E-state index < -0.39 is 5.60 Å². The van der Waals surface area contributed by atoms with Crippen LogP contribution >= 0.6 is 11.3 Å². The molecule has 0 radical (unpaired) electrons. The summed E-state index contributed by atoms with van der Waals surface area (Å²) in [6.07, 6.45) is 10.3. The van der Waals surface area contributed by atoms with Crippen LogP contribution in [0.4, 0.5) is 0 Å². The Balaban J connectivity index is 0.942. The van der Waals surface area contributed by atoms with Gasteiger partial charge in [-0.1, -0.05) is 36.8 Å². The minimum Gasteiger partial charge on any atom is -0.388 e. The number of carbonyl (C=O) groups is 2. The van der Waals surface area contributed by atoms with E-state index in [9.17, 15) is 19.5 Å². The average Bonchev–Trinajstić information content (AvgIpc) is 3.74. The molecule has 1 N–H and O–H groups in total. The molecule has 8 rings (SSSR count). The summed E-state index contributed by atoms with van der Waals surface area (Å²) in [6.45, 7) is 6.52. The number of rotatable bonds is 8. The van der Waals surface area contributed by atoms with Gasteiger partial charge in [0.05, 0.1) is 23.2 Å². The van der Waals surface area contributed by atoms with E-state index >= 15 is 0 Å². The van der Waals surface area contributed by atoms with Crippen molar-refractivity contribution in [3.63, 3.8) is 0 Å². The molecule has 2 saturated heterocycles. The first kappa shape index (κ1) is 34.4. The minimum absolute atomic E-state index is 0.0548. The molecule has 5 aromatic rings. The van der Waals surface area contributed by atoms with Crippen LogP contribution in [0.1, 0.15) is 71.1 Å². The third-order valence-electron chi connectivity index (χ3n) is 11.5. The number of amides is 2. The van der Waals surface area contributed by atoms with Crippen LogP contribution in [0.5, 0.6) is 0 Å². The number of fused-ring (bicyclic) bond motifs is 1. The van der Waals surface area contributed by atoms with Gasteiger partial charge in [0.25, 0.3) is 11.5 Å². The third-order valence-corrected chi connectivity index (χ3v) is 12.7. The van der Waals surface area contributed by atoms with Crippen molar-refractivity contribution in [1.82, 2.24) is 33.9 Å². The van der Waals surface area contributed by atoms with Gasteiger partial charge in [-0.3, -0.25) is 23.9 Å². The van der Waals surface area contributed by atoms with Gasteiger partial charge in [-0.25, -0.2) is 9.97 Å². The summed E-state index contributed by atoms with van der Waals surface area (Å²) in [6, 6.07) is 15.8. The Kier molecular flexibility index (Phi) is 9.29. The number of aromatic nitrogens is 5. The van der Waals surface area contributed by atoms with Crippen molar-refractivity contribution in [2.75, 3.05) is 26.2 Å². The molecule has 11 nitrogen and oxygen atoms in total. The molecule has 4 aromatic heterocycles. The molecule has 6 heterocycles. The normalized spacial score (nSPS) is 20.6. The van der Waals surface area contributed by atoms with E-state index in [4.69, 9.17) is 4.98 Å². The van der Waals surface area contributed by atoms with Gasteiger partial charge >= 0.3 is 0 Å². The van der Waals surface area contributed by atoms with E-state index in [2.05, 4.69) is 14.5 Å². The topological polar surface area (TPSA) is 126 Å². The predicted molar refractivity (Wildman–Crippen MR) is 200 cm³/mol. The largest absolute Gasteiger partial charge is 0.388 e. The molecule has 0 unspecified atom stereocenters. The predicted octanol–water partition coefficient (Wildman–Crippen LogP) is 5.43. The van der Waals surface area contributed by atoms with E-state index in [0.717, 1.165) is 28.4 Å². The third kappa shape index (κ3) is 6.69. The minimum atomic E-state index is -1.13. The molecule has 3 aliphatic rings. The van der Waals surface area contributed by atoms with Crippen molar-refractivity contribution < 1.29 is 14.7 Å². The molecule has 2 aliphatic heterocycles.